The van der Waals surface area contributed by atoms with Gasteiger partial charge in [0.2, 0.25) is 11.8 Å². The number of anilines is 4. The summed E-state index contributed by atoms with van der Waals surface area (Å²) >= 11 is 0. The lowest BCUT2D eigenvalue weighted by molar-refractivity contribution is -0.127. The molecule has 0 spiro atoms. The van der Waals surface area contributed by atoms with Gasteiger partial charge in [0.15, 0.2) is 23.1 Å². The maximum absolute atomic E-state index is 14.9. The number of carbonyl (C=O) groups excluding carboxylic acids is 8. The number of aryl methyl sites for hydroxylation is 1. The minimum absolute atomic E-state index is 0.0256. The third-order valence-electron chi connectivity index (χ3n) is 17.7. The summed E-state index contributed by atoms with van der Waals surface area (Å²) in [6.45, 7) is 27.1. The molecule has 4 heterocycles. The number of nitrogens with two attached hydrogens (primary N) is 2. The zero-order chi connectivity index (χ0) is 68.7. The van der Waals surface area contributed by atoms with E-state index in [9.17, 15) is 38.4 Å². The second-order valence-corrected chi connectivity index (χ2v) is 39.7. The van der Waals surface area contributed by atoms with Crippen molar-refractivity contribution in [1.29, 1.82) is 0 Å². The highest BCUT2D eigenvalue weighted by Crippen LogP contribution is 2.44. The Hall–Kier alpha value is -7.81. The second-order valence-electron chi connectivity index (χ2n) is 28.4. The zero-order valence-corrected chi connectivity index (χ0v) is 59.1. The number of nitrogens with zero attached hydrogens (tertiary/aromatic N) is 4. The van der Waals surface area contributed by atoms with Gasteiger partial charge in [-0.3, -0.25) is 48.2 Å². The molecule has 94 heavy (non-hydrogen) atoms. The average molecular weight is 1330 g/mol. The summed E-state index contributed by atoms with van der Waals surface area (Å²) in [5.74, 6) is -2.59. The van der Waals surface area contributed by atoms with Crippen molar-refractivity contribution in [2.45, 2.75) is 156 Å². The number of amides is 6. The van der Waals surface area contributed by atoms with E-state index in [0.717, 1.165) is 34.4 Å². The predicted octanol–water partition coefficient (Wildman–Crippen LogP) is 10.7. The molecule has 0 radical (unpaired) electrons. The summed E-state index contributed by atoms with van der Waals surface area (Å²) in [6.07, 6.45) is 4.31. The maximum atomic E-state index is 14.9. The number of benzene rings is 4. The Morgan fingerprint density at radius 2 is 0.947 bits per heavy atom. The number of hydrogen-bond acceptors (Lipinski definition) is 15. The summed E-state index contributed by atoms with van der Waals surface area (Å²) in [5.41, 5.74) is 18.1. The monoisotopic (exact) mass is 1320 g/mol. The molecule has 0 aromatic heterocycles. The van der Waals surface area contributed by atoms with Gasteiger partial charge in [0.25, 0.3) is 23.6 Å². The highest BCUT2D eigenvalue weighted by Gasteiger charge is 2.45. The SMILES string of the molecule is COc1cc2c(cc1OCCCOc1cc3c(cc1C)C(=O)N1C=C(c4ccc(NC(=O)[C@H](C)CC(=O)[C@@H](N)C(C)C)cc4)C[C@H]1C(=O)N3COCC[Si](C)(C)C)N(COCC[Si](C)(C)C)C(=O)[C@@H]1CC(c3ccc(NC(=O)[C@H](C)CC(=O)[C@@H](N)C(C)C)cc3)=CN1C2=O. The third kappa shape index (κ3) is 17.6. The summed E-state index contributed by atoms with van der Waals surface area (Å²) in [7, 11) is -1.55. The Morgan fingerprint density at radius 1 is 0.553 bits per heavy atom. The van der Waals surface area contributed by atoms with Crippen LogP contribution in [0.15, 0.2) is 85.2 Å². The summed E-state index contributed by atoms with van der Waals surface area (Å²) < 4.78 is 31.1. The van der Waals surface area contributed by atoms with Crippen LogP contribution in [-0.4, -0.2) is 144 Å². The van der Waals surface area contributed by atoms with Gasteiger partial charge in [-0.2, -0.15) is 0 Å². The first-order chi connectivity index (χ1) is 44.3. The van der Waals surface area contributed by atoms with E-state index in [1.165, 1.54) is 26.7 Å². The Morgan fingerprint density at radius 3 is 1.34 bits per heavy atom. The van der Waals surface area contributed by atoms with Gasteiger partial charge in [-0.1, -0.05) is 105 Å². The quantitative estimate of drug-likeness (QED) is 0.0269. The van der Waals surface area contributed by atoms with Gasteiger partial charge in [0.05, 0.1) is 54.9 Å². The average Bonchev–Trinajstić information content (AvgIpc) is 1.59. The van der Waals surface area contributed by atoms with Gasteiger partial charge in [-0.05, 0) is 95.1 Å². The lowest BCUT2D eigenvalue weighted by atomic mass is 9.93. The van der Waals surface area contributed by atoms with E-state index in [2.05, 4.69) is 49.9 Å². The molecule has 6 N–H and O–H groups in total. The van der Waals surface area contributed by atoms with Crippen molar-refractivity contribution in [3.05, 3.63) is 113 Å². The molecule has 4 aliphatic rings. The fourth-order valence-electron chi connectivity index (χ4n) is 11.4. The molecule has 6 amide bonds. The molecule has 0 saturated heterocycles. The van der Waals surface area contributed by atoms with Crippen LogP contribution in [0.1, 0.15) is 111 Å². The molecule has 8 rings (SSSR count). The number of nitrogens with one attached hydrogen (secondary N) is 2. The molecule has 21 nitrogen and oxygen atoms in total. The van der Waals surface area contributed by atoms with Crippen molar-refractivity contribution in [2.24, 2.45) is 35.1 Å². The fourth-order valence-corrected chi connectivity index (χ4v) is 12.9. The van der Waals surface area contributed by atoms with Crippen LogP contribution < -0.4 is 46.1 Å². The van der Waals surface area contributed by atoms with E-state index in [1.54, 1.807) is 74.8 Å². The topological polar surface area (TPSA) is 272 Å². The highest BCUT2D eigenvalue weighted by atomic mass is 28.3. The van der Waals surface area contributed by atoms with Crippen molar-refractivity contribution in [3.8, 4) is 17.2 Å². The fraction of sp³-hybridized carbons (Fsp3) is 0.493. The molecule has 4 aromatic rings. The molecule has 6 atom stereocenters. The molecule has 0 unspecified atom stereocenters. The van der Waals surface area contributed by atoms with Crippen LogP contribution in [-0.2, 0) is 38.2 Å². The first kappa shape index (κ1) is 72.0. The lowest BCUT2D eigenvalue weighted by Crippen LogP contribution is -2.45. The van der Waals surface area contributed by atoms with Crippen molar-refractivity contribution >= 4 is 97.1 Å². The van der Waals surface area contributed by atoms with E-state index in [1.807, 2.05) is 58.9 Å². The molecule has 23 heteroatoms. The minimum Gasteiger partial charge on any atom is -0.493 e. The van der Waals surface area contributed by atoms with Gasteiger partial charge in [-0.25, -0.2) is 0 Å². The number of rotatable bonds is 31. The van der Waals surface area contributed by atoms with E-state index >= 15 is 0 Å². The Kier molecular flexibility index (Phi) is 23.5. The Balaban J connectivity index is 0.963. The van der Waals surface area contributed by atoms with Crippen LogP contribution >= 0.6 is 0 Å². The van der Waals surface area contributed by atoms with Crippen LogP contribution in [0.4, 0.5) is 22.7 Å². The van der Waals surface area contributed by atoms with Crippen molar-refractivity contribution in [1.82, 2.24) is 9.80 Å². The van der Waals surface area contributed by atoms with Gasteiger partial charge >= 0.3 is 0 Å². The van der Waals surface area contributed by atoms with Gasteiger partial charge < -0.3 is 55.6 Å². The number of fused-ring (bicyclic) bond motifs is 4. The highest BCUT2D eigenvalue weighted by molar-refractivity contribution is 6.76. The molecule has 0 bridgehead atoms. The molecule has 0 fully saturated rings. The maximum Gasteiger partial charge on any atom is 0.260 e. The van der Waals surface area contributed by atoms with Gasteiger partial charge in [-0.15, -0.1) is 0 Å². The van der Waals surface area contributed by atoms with Crippen molar-refractivity contribution < 1.29 is 62.0 Å². The molecule has 4 aromatic carbocycles. The number of ether oxygens (including phenoxy) is 5. The Bertz CT molecular complexity index is 3560. The number of methoxy groups -OCH3 is 1. The smallest absolute Gasteiger partial charge is 0.260 e. The van der Waals surface area contributed by atoms with Crippen LogP contribution in [0.2, 0.25) is 51.4 Å². The van der Waals surface area contributed by atoms with E-state index in [0.29, 0.717) is 65.0 Å². The zero-order valence-electron chi connectivity index (χ0n) is 57.1. The largest absolute Gasteiger partial charge is 0.493 e. The van der Waals surface area contributed by atoms with Crippen LogP contribution in [0.5, 0.6) is 17.2 Å². The van der Waals surface area contributed by atoms with Crippen molar-refractivity contribution in [2.75, 3.05) is 67.4 Å². The lowest BCUT2D eigenvalue weighted by Gasteiger charge is -2.27. The number of Topliss-reactive ketones (excluding diaryl/α,β-unsaturated/α-hetero) is 2. The van der Waals surface area contributed by atoms with Crippen LogP contribution in [0.25, 0.3) is 11.1 Å². The summed E-state index contributed by atoms with van der Waals surface area (Å²) in [5, 5.41) is 5.78. The molecule has 0 saturated carbocycles. The number of ketones is 2. The predicted molar refractivity (Wildman–Crippen MR) is 371 cm³/mol. The summed E-state index contributed by atoms with van der Waals surface area (Å²) in [4.78, 5) is 117. The van der Waals surface area contributed by atoms with Crippen molar-refractivity contribution in [3.63, 3.8) is 0 Å². The van der Waals surface area contributed by atoms with Gasteiger partial charge in [0.1, 0.15) is 31.3 Å². The van der Waals surface area contributed by atoms with E-state index in [4.69, 9.17) is 35.2 Å². The van der Waals surface area contributed by atoms with E-state index in [-0.39, 0.29) is 117 Å². The first-order valence-corrected chi connectivity index (χ1v) is 40.1. The standard InChI is InChI=1S/C71H96N8O13Si2/c1-42(2)64(72)59(80)31-45(6)66(82)74-51-20-16-47(17-21-51)49-33-57-70(86)78(40-89-26-28-93(9,10)11)55-36-61(44(5)30-53(55)68(84)76(57)38-49)91-24-15-25-92-63-37-56-54(35-62(63)88-8)69(85)77-39-50(34-58(77)71(87)79(56)41-90-27-29-94(12,13)14)48-18-22-52(23-19-48)75-67(83)46(7)32-60(81)65(73)43(3)4/h16-23,30,35-39,42-43,45-46,57-58,64-65H,15,24-29,31-34,40-41,72-73H2,1-14H3,(H,74,82)(H,75,83)/t45-,46-,57+,58+,64+,65+/m1/s1. The van der Waals surface area contributed by atoms with Crippen LogP contribution in [0.3, 0.4) is 0 Å². The molecular weight excluding hydrogens is 1230 g/mol. The number of hydrogen-bond donors (Lipinski definition) is 4. The minimum atomic E-state index is -1.52. The molecule has 506 valence electrons. The Labute approximate surface area is 555 Å². The first-order valence-electron chi connectivity index (χ1n) is 32.7. The number of carbonyl (C=O) groups is 8. The second kappa shape index (κ2) is 30.7. The molecule has 0 aliphatic carbocycles. The molecular formula is C71H96N8O13Si2. The van der Waals surface area contributed by atoms with Crippen LogP contribution in [0, 0.1) is 30.6 Å². The normalized spacial score (nSPS) is 17.7. The third-order valence-corrected chi connectivity index (χ3v) is 21.1. The summed E-state index contributed by atoms with van der Waals surface area (Å²) in [6, 6.07) is 19.7. The van der Waals surface area contributed by atoms with E-state index < -0.39 is 58.1 Å². The molecule has 4 aliphatic heterocycles. The van der Waals surface area contributed by atoms with Gasteiger partial charge in [0, 0.05) is 109 Å².